The van der Waals surface area contributed by atoms with Crippen LogP contribution in [0.4, 0.5) is 0 Å². The molecular formula is C17H29NO. The van der Waals surface area contributed by atoms with E-state index < -0.39 is 0 Å². The fourth-order valence-corrected chi connectivity index (χ4v) is 2.56. The smallest absolute Gasteiger partial charge is 0.119 e. The molecule has 0 saturated heterocycles. The average molecular weight is 263 g/mol. The number of nitrogens with two attached hydrogens (primary N) is 1. The summed E-state index contributed by atoms with van der Waals surface area (Å²) in [7, 11) is 0. The zero-order valence-electron chi connectivity index (χ0n) is 12.9. The van der Waals surface area contributed by atoms with E-state index in [2.05, 4.69) is 26.0 Å². The van der Waals surface area contributed by atoms with E-state index in [9.17, 15) is 0 Å². The summed E-state index contributed by atoms with van der Waals surface area (Å²) in [6, 6.07) is 8.43. The van der Waals surface area contributed by atoms with Crippen LogP contribution in [0.1, 0.15) is 65.0 Å². The molecule has 1 aromatic carbocycles. The molecule has 0 fully saturated rings. The summed E-state index contributed by atoms with van der Waals surface area (Å²) >= 11 is 0. The fourth-order valence-electron chi connectivity index (χ4n) is 2.56. The molecule has 0 aromatic heterocycles. The molecular weight excluding hydrogens is 234 g/mol. The first-order valence-corrected chi connectivity index (χ1v) is 7.60. The normalized spacial score (nSPS) is 13.0. The Morgan fingerprint density at radius 3 is 1.95 bits per heavy atom. The summed E-state index contributed by atoms with van der Waals surface area (Å²) < 4.78 is 5.66. The van der Waals surface area contributed by atoms with E-state index in [-0.39, 0.29) is 12.1 Å². The van der Waals surface area contributed by atoms with E-state index in [1.807, 2.05) is 26.0 Å². The molecule has 2 N–H and O–H groups in total. The lowest BCUT2D eigenvalue weighted by atomic mass is 9.87. The second-order valence-electron chi connectivity index (χ2n) is 5.60. The first kappa shape index (κ1) is 16.0. The van der Waals surface area contributed by atoms with Gasteiger partial charge < -0.3 is 10.5 Å². The van der Waals surface area contributed by atoms with E-state index >= 15 is 0 Å². The maximum absolute atomic E-state index is 6.42. The van der Waals surface area contributed by atoms with Crippen molar-refractivity contribution in [3.63, 3.8) is 0 Å². The van der Waals surface area contributed by atoms with Gasteiger partial charge in [0.05, 0.1) is 6.10 Å². The highest BCUT2D eigenvalue weighted by molar-refractivity contribution is 5.29. The molecule has 1 unspecified atom stereocenters. The van der Waals surface area contributed by atoms with E-state index in [0.717, 1.165) is 5.75 Å². The lowest BCUT2D eigenvalue weighted by Gasteiger charge is -2.24. The quantitative estimate of drug-likeness (QED) is 0.738. The topological polar surface area (TPSA) is 35.2 Å². The summed E-state index contributed by atoms with van der Waals surface area (Å²) in [5, 5.41) is 0. The molecule has 0 radical (unpaired) electrons. The number of hydrogen-bond donors (Lipinski definition) is 1. The zero-order chi connectivity index (χ0) is 14.3. The van der Waals surface area contributed by atoms with Gasteiger partial charge in [-0.25, -0.2) is 0 Å². The van der Waals surface area contributed by atoms with Crippen LogP contribution < -0.4 is 10.5 Å². The van der Waals surface area contributed by atoms with Gasteiger partial charge in [-0.2, -0.15) is 0 Å². The van der Waals surface area contributed by atoms with Crippen LogP contribution in [0.3, 0.4) is 0 Å². The van der Waals surface area contributed by atoms with Gasteiger partial charge in [0, 0.05) is 6.04 Å². The Hall–Kier alpha value is -1.02. The number of benzene rings is 1. The van der Waals surface area contributed by atoms with Crippen molar-refractivity contribution in [2.75, 3.05) is 0 Å². The molecule has 0 spiro atoms. The molecule has 0 aliphatic carbocycles. The molecule has 0 bridgehead atoms. The van der Waals surface area contributed by atoms with Crippen molar-refractivity contribution in [1.29, 1.82) is 0 Å². The zero-order valence-corrected chi connectivity index (χ0v) is 12.9. The van der Waals surface area contributed by atoms with Crippen LogP contribution >= 0.6 is 0 Å². The second-order valence-corrected chi connectivity index (χ2v) is 5.60. The summed E-state index contributed by atoms with van der Waals surface area (Å²) in [4.78, 5) is 0. The highest BCUT2D eigenvalue weighted by atomic mass is 16.5. The third kappa shape index (κ3) is 5.23. The van der Waals surface area contributed by atoms with Gasteiger partial charge in [-0.05, 0) is 50.3 Å². The van der Waals surface area contributed by atoms with Crippen molar-refractivity contribution < 1.29 is 4.74 Å². The van der Waals surface area contributed by atoms with Crippen LogP contribution in [0.25, 0.3) is 0 Å². The van der Waals surface area contributed by atoms with Crippen molar-refractivity contribution in [2.24, 2.45) is 11.7 Å². The molecule has 0 aliphatic heterocycles. The van der Waals surface area contributed by atoms with E-state index in [1.54, 1.807) is 0 Å². The van der Waals surface area contributed by atoms with Crippen LogP contribution in [-0.2, 0) is 0 Å². The van der Waals surface area contributed by atoms with Crippen molar-refractivity contribution in [1.82, 2.24) is 0 Å². The maximum Gasteiger partial charge on any atom is 0.119 e. The van der Waals surface area contributed by atoms with Crippen LogP contribution in [0.2, 0.25) is 0 Å². The van der Waals surface area contributed by atoms with Crippen LogP contribution in [0.5, 0.6) is 5.75 Å². The lowest BCUT2D eigenvalue weighted by molar-refractivity contribution is 0.242. The summed E-state index contributed by atoms with van der Waals surface area (Å²) in [6.45, 7) is 8.54. The number of rotatable bonds is 8. The van der Waals surface area contributed by atoms with Gasteiger partial charge in [0.15, 0.2) is 0 Å². The van der Waals surface area contributed by atoms with E-state index in [4.69, 9.17) is 10.5 Å². The van der Waals surface area contributed by atoms with Gasteiger partial charge in [0.25, 0.3) is 0 Å². The van der Waals surface area contributed by atoms with Crippen molar-refractivity contribution in [3.05, 3.63) is 29.8 Å². The minimum absolute atomic E-state index is 0.146. The summed E-state index contributed by atoms with van der Waals surface area (Å²) in [6.07, 6.45) is 5.03. The molecule has 19 heavy (non-hydrogen) atoms. The largest absolute Gasteiger partial charge is 0.491 e. The Balaban J connectivity index is 2.72. The summed E-state index contributed by atoms with van der Waals surface area (Å²) in [5.41, 5.74) is 7.65. The molecule has 2 heteroatoms. The Labute approximate surface area is 118 Å². The number of hydrogen-bond acceptors (Lipinski definition) is 2. The van der Waals surface area contributed by atoms with E-state index in [0.29, 0.717) is 5.92 Å². The predicted octanol–water partition coefficient (Wildman–Crippen LogP) is 4.69. The van der Waals surface area contributed by atoms with Crippen LogP contribution in [0.15, 0.2) is 24.3 Å². The Morgan fingerprint density at radius 1 is 1.00 bits per heavy atom. The Kier molecular flexibility index (Phi) is 6.93. The fraction of sp³-hybridized carbons (Fsp3) is 0.647. The van der Waals surface area contributed by atoms with Crippen molar-refractivity contribution in [2.45, 2.75) is 65.5 Å². The highest BCUT2D eigenvalue weighted by Gasteiger charge is 2.17. The van der Waals surface area contributed by atoms with Gasteiger partial charge in [-0.15, -0.1) is 0 Å². The van der Waals surface area contributed by atoms with Gasteiger partial charge in [-0.1, -0.05) is 38.8 Å². The standard InChI is InChI=1S/C17H29NO/c1-5-7-14(8-6-2)17(18)15-9-11-16(12-10-15)19-13(3)4/h9-14,17H,5-8,18H2,1-4H3. The van der Waals surface area contributed by atoms with Gasteiger partial charge in [0.1, 0.15) is 5.75 Å². The maximum atomic E-state index is 6.42. The molecule has 0 aliphatic rings. The highest BCUT2D eigenvalue weighted by Crippen LogP contribution is 2.28. The SMILES string of the molecule is CCCC(CCC)C(N)c1ccc(OC(C)C)cc1. The van der Waals surface area contributed by atoms with Gasteiger partial charge >= 0.3 is 0 Å². The molecule has 1 aromatic rings. The Bertz CT molecular complexity index is 339. The lowest BCUT2D eigenvalue weighted by Crippen LogP contribution is -2.21. The molecule has 0 saturated carbocycles. The molecule has 2 nitrogen and oxygen atoms in total. The molecule has 108 valence electrons. The average Bonchev–Trinajstić information content (AvgIpc) is 2.38. The third-order valence-electron chi connectivity index (χ3n) is 3.46. The molecule has 1 atom stereocenters. The minimum Gasteiger partial charge on any atom is -0.491 e. The van der Waals surface area contributed by atoms with Crippen LogP contribution in [0, 0.1) is 5.92 Å². The minimum atomic E-state index is 0.146. The predicted molar refractivity (Wildman–Crippen MR) is 82.4 cm³/mol. The van der Waals surface area contributed by atoms with E-state index in [1.165, 1.54) is 31.2 Å². The van der Waals surface area contributed by atoms with Crippen molar-refractivity contribution in [3.8, 4) is 5.75 Å². The second kappa shape index (κ2) is 8.21. The first-order chi connectivity index (χ1) is 9.08. The molecule has 1 rings (SSSR count). The number of ether oxygens (including phenoxy) is 1. The van der Waals surface area contributed by atoms with Crippen LogP contribution in [-0.4, -0.2) is 6.10 Å². The van der Waals surface area contributed by atoms with Crippen molar-refractivity contribution >= 4 is 0 Å². The third-order valence-corrected chi connectivity index (χ3v) is 3.46. The van der Waals surface area contributed by atoms with Gasteiger partial charge in [0.2, 0.25) is 0 Å². The Morgan fingerprint density at radius 2 is 1.53 bits per heavy atom. The summed E-state index contributed by atoms with van der Waals surface area (Å²) in [5.74, 6) is 1.51. The molecule has 0 heterocycles. The molecule has 0 amide bonds. The first-order valence-electron chi connectivity index (χ1n) is 7.60. The monoisotopic (exact) mass is 263 g/mol. The van der Waals surface area contributed by atoms with Gasteiger partial charge in [-0.3, -0.25) is 0 Å².